The van der Waals surface area contributed by atoms with Gasteiger partial charge in [-0.25, -0.2) is 0 Å². The fourth-order valence-corrected chi connectivity index (χ4v) is 3.05. The average Bonchev–Trinajstić information content (AvgIpc) is 2.67. The van der Waals surface area contributed by atoms with Crippen molar-refractivity contribution in [1.82, 2.24) is 4.90 Å². The first-order valence-corrected chi connectivity index (χ1v) is 6.22. The predicted molar refractivity (Wildman–Crippen MR) is 58.8 cm³/mol. The quantitative estimate of drug-likeness (QED) is 0.776. The van der Waals surface area contributed by atoms with Crippen molar-refractivity contribution in [3.8, 4) is 0 Å². The SMILES string of the molecule is O=C(O)[C@@H]1CCC[C@@H]1CN1CCCCC1. The van der Waals surface area contributed by atoms with Crippen molar-refractivity contribution in [2.75, 3.05) is 19.6 Å². The van der Waals surface area contributed by atoms with E-state index in [-0.39, 0.29) is 5.92 Å². The van der Waals surface area contributed by atoms with Gasteiger partial charge in [-0.05, 0) is 44.7 Å². The zero-order valence-corrected chi connectivity index (χ0v) is 9.32. The summed E-state index contributed by atoms with van der Waals surface area (Å²) in [5, 5.41) is 9.09. The van der Waals surface area contributed by atoms with Crippen LogP contribution in [0.3, 0.4) is 0 Å². The number of likely N-dealkylation sites (tertiary alicyclic amines) is 1. The normalized spacial score (nSPS) is 33.1. The molecule has 1 heterocycles. The van der Waals surface area contributed by atoms with Crippen molar-refractivity contribution in [3.63, 3.8) is 0 Å². The smallest absolute Gasteiger partial charge is 0.306 e. The molecule has 0 aromatic heterocycles. The van der Waals surface area contributed by atoms with Gasteiger partial charge in [0.1, 0.15) is 0 Å². The summed E-state index contributed by atoms with van der Waals surface area (Å²) in [5.41, 5.74) is 0. The van der Waals surface area contributed by atoms with Gasteiger partial charge >= 0.3 is 5.97 Å². The molecule has 3 nitrogen and oxygen atoms in total. The Bertz CT molecular complexity index is 224. The molecule has 0 bridgehead atoms. The lowest BCUT2D eigenvalue weighted by atomic mass is 9.95. The van der Waals surface area contributed by atoms with Gasteiger partial charge in [-0.1, -0.05) is 12.8 Å². The average molecular weight is 211 g/mol. The van der Waals surface area contributed by atoms with E-state index in [0.717, 1.165) is 25.8 Å². The number of piperidine rings is 1. The molecule has 0 unspecified atom stereocenters. The van der Waals surface area contributed by atoms with Gasteiger partial charge in [0.25, 0.3) is 0 Å². The standard InChI is InChI=1S/C12H21NO2/c14-12(15)11-6-4-5-10(11)9-13-7-2-1-3-8-13/h10-11H,1-9H2,(H,14,15)/t10-,11-/m1/s1. The maximum Gasteiger partial charge on any atom is 0.306 e. The van der Waals surface area contributed by atoms with E-state index in [1.165, 1.54) is 32.4 Å². The molecule has 0 aromatic rings. The Morgan fingerprint density at radius 2 is 1.87 bits per heavy atom. The van der Waals surface area contributed by atoms with E-state index in [1.807, 2.05) is 0 Å². The van der Waals surface area contributed by atoms with E-state index < -0.39 is 5.97 Å². The second-order valence-electron chi connectivity index (χ2n) is 5.00. The number of carboxylic acids is 1. The molecule has 0 spiro atoms. The first-order valence-electron chi connectivity index (χ1n) is 6.22. The number of hydrogen-bond acceptors (Lipinski definition) is 2. The fraction of sp³-hybridized carbons (Fsp3) is 0.917. The Hall–Kier alpha value is -0.570. The lowest BCUT2D eigenvalue weighted by Crippen LogP contribution is -2.36. The van der Waals surface area contributed by atoms with Crippen LogP contribution in [0, 0.1) is 11.8 Å². The summed E-state index contributed by atoms with van der Waals surface area (Å²) in [7, 11) is 0. The monoisotopic (exact) mass is 211 g/mol. The molecular formula is C12H21NO2. The van der Waals surface area contributed by atoms with Gasteiger partial charge in [-0.15, -0.1) is 0 Å². The van der Waals surface area contributed by atoms with Crippen LogP contribution in [0.4, 0.5) is 0 Å². The van der Waals surface area contributed by atoms with Crippen LogP contribution in [0.15, 0.2) is 0 Å². The maximum atomic E-state index is 11.0. The van der Waals surface area contributed by atoms with Crippen LogP contribution in [0.2, 0.25) is 0 Å². The van der Waals surface area contributed by atoms with Crippen molar-refractivity contribution in [2.45, 2.75) is 38.5 Å². The molecule has 1 N–H and O–H groups in total. The Balaban J connectivity index is 1.84. The van der Waals surface area contributed by atoms with E-state index in [9.17, 15) is 4.79 Å². The minimum Gasteiger partial charge on any atom is -0.481 e. The summed E-state index contributed by atoms with van der Waals surface area (Å²) in [4.78, 5) is 13.5. The molecule has 0 amide bonds. The zero-order chi connectivity index (χ0) is 10.7. The van der Waals surface area contributed by atoms with Gasteiger partial charge in [-0.3, -0.25) is 4.79 Å². The molecule has 15 heavy (non-hydrogen) atoms. The second kappa shape index (κ2) is 4.97. The molecule has 2 atom stereocenters. The van der Waals surface area contributed by atoms with Crippen LogP contribution in [0.1, 0.15) is 38.5 Å². The largest absolute Gasteiger partial charge is 0.481 e. The second-order valence-corrected chi connectivity index (χ2v) is 5.00. The molecule has 1 saturated heterocycles. The Morgan fingerprint density at radius 1 is 1.13 bits per heavy atom. The first-order chi connectivity index (χ1) is 7.27. The number of nitrogens with zero attached hydrogens (tertiary/aromatic N) is 1. The highest BCUT2D eigenvalue weighted by Gasteiger charge is 2.33. The topological polar surface area (TPSA) is 40.5 Å². The van der Waals surface area contributed by atoms with Crippen molar-refractivity contribution < 1.29 is 9.90 Å². The van der Waals surface area contributed by atoms with E-state index >= 15 is 0 Å². The third kappa shape index (κ3) is 2.71. The third-order valence-electron chi connectivity index (χ3n) is 3.92. The van der Waals surface area contributed by atoms with Gasteiger partial charge in [0.05, 0.1) is 5.92 Å². The molecule has 2 aliphatic rings. The molecular weight excluding hydrogens is 190 g/mol. The summed E-state index contributed by atoms with van der Waals surface area (Å²) < 4.78 is 0. The molecule has 3 heteroatoms. The van der Waals surface area contributed by atoms with E-state index in [2.05, 4.69) is 4.90 Å². The minimum atomic E-state index is -0.575. The number of carboxylic acid groups (broad SMARTS) is 1. The van der Waals surface area contributed by atoms with Gasteiger partial charge < -0.3 is 10.0 Å². The molecule has 1 saturated carbocycles. The predicted octanol–water partition coefficient (Wildman–Crippen LogP) is 1.97. The van der Waals surface area contributed by atoms with Crippen molar-refractivity contribution in [2.24, 2.45) is 11.8 Å². The van der Waals surface area contributed by atoms with Crippen LogP contribution in [0.25, 0.3) is 0 Å². The molecule has 0 radical (unpaired) electrons. The molecule has 1 aliphatic carbocycles. The molecule has 2 fully saturated rings. The molecule has 0 aromatic carbocycles. The van der Waals surface area contributed by atoms with Gasteiger partial charge in [0.15, 0.2) is 0 Å². The number of hydrogen-bond donors (Lipinski definition) is 1. The van der Waals surface area contributed by atoms with Gasteiger partial charge in [0, 0.05) is 6.54 Å². The van der Waals surface area contributed by atoms with E-state index in [4.69, 9.17) is 5.11 Å². The van der Waals surface area contributed by atoms with E-state index in [1.54, 1.807) is 0 Å². The van der Waals surface area contributed by atoms with Crippen molar-refractivity contribution >= 4 is 5.97 Å². The third-order valence-corrected chi connectivity index (χ3v) is 3.92. The highest BCUT2D eigenvalue weighted by Crippen LogP contribution is 2.32. The first kappa shape index (κ1) is 10.9. The fourth-order valence-electron chi connectivity index (χ4n) is 3.05. The summed E-state index contributed by atoms with van der Waals surface area (Å²) >= 11 is 0. The number of carbonyl (C=O) groups is 1. The molecule has 2 rings (SSSR count). The summed E-state index contributed by atoms with van der Waals surface area (Å²) in [6, 6.07) is 0. The van der Waals surface area contributed by atoms with Crippen molar-refractivity contribution in [1.29, 1.82) is 0 Å². The van der Waals surface area contributed by atoms with Crippen LogP contribution in [-0.2, 0) is 4.79 Å². The lowest BCUT2D eigenvalue weighted by molar-refractivity contribution is -0.143. The number of aliphatic carboxylic acids is 1. The Kier molecular flexibility index (Phi) is 3.62. The molecule has 1 aliphatic heterocycles. The summed E-state index contributed by atoms with van der Waals surface area (Å²) in [5.74, 6) is -0.220. The van der Waals surface area contributed by atoms with E-state index in [0.29, 0.717) is 5.92 Å². The minimum absolute atomic E-state index is 0.0630. The molecule has 86 valence electrons. The zero-order valence-electron chi connectivity index (χ0n) is 9.32. The maximum absolute atomic E-state index is 11.0. The summed E-state index contributed by atoms with van der Waals surface area (Å²) in [6.45, 7) is 3.39. The van der Waals surface area contributed by atoms with Crippen LogP contribution in [-0.4, -0.2) is 35.6 Å². The van der Waals surface area contributed by atoms with Crippen LogP contribution >= 0.6 is 0 Å². The van der Waals surface area contributed by atoms with Crippen molar-refractivity contribution in [3.05, 3.63) is 0 Å². The highest BCUT2D eigenvalue weighted by atomic mass is 16.4. The lowest BCUT2D eigenvalue weighted by Gasteiger charge is -2.30. The number of rotatable bonds is 3. The highest BCUT2D eigenvalue weighted by molar-refractivity contribution is 5.70. The summed E-state index contributed by atoms with van der Waals surface area (Å²) in [6.07, 6.45) is 7.06. The van der Waals surface area contributed by atoms with Crippen LogP contribution < -0.4 is 0 Å². The van der Waals surface area contributed by atoms with Gasteiger partial charge in [0.2, 0.25) is 0 Å². The van der Waals surface area contributed by atoms with Gasteiger partial charge in [-0.2, -0.15) is 0 Å². The van der Waals surface area contributed by atoms with Crippen LogP contribution in [0.5, 0.6) is 0 Å². The Morgan fingerprint density at radius 3 is 2.53 bits per heavy atom. The Labute approximate surface area is 91.5 Å².